The van der Waals surface area contributed by atoms with E-state index in [0.717, 1.165) is 38.2 Å². The number of hydrogen-bond acceptors (Lipinski definition) is 6. The molecule has 0 amide bonds. The Balaban J connectivity index is 1.62. The van der Waals surface area contributed by atoms with Gasteiger partial charge in [0.15, 0.2) is 11.5 Å². The Hall–Kier alpha value is -3.78. The van der Waals surface area contributed by atoms with Gasteiger partial charge in [0, 0.05) is 15.6 Å². The van der Waals surface area contributed by atoms with Crippen LogP contribution in [0, 0.1) is 0 Å². The normalized spacial score (nSPS) is 18.2. The van der Waals surface area contributed by atoms with Gasteiger partial charge in [0.1, 0.15) is 24.2 Å². The molecule has 170 valence electrons. The molecule has 1 aromatic heterocycles. The van der Waals surface area contributed by atoms with E-state index < -0.39 is 0 Å². The van der Waals surface area contributed by atoms with Crippen molar-refractivity contribution in [2.24, 2.45) is 0 Å². The van der Waals surface area contributed by atoms with Crippen molar-refractivity contribution in [3.8, 4) is 17.2 Å². The number of aromatic nitrogens is 3. The van der Waals surface area contributed by atoms with Gasteiger partial charge in [0.2, 0.25) is 5.95 Å². The van der Waals surface area contributed by atoms with E-state index in [-0.39, 0.29) is 12.1 Å². The summed E-state index contributed by atoms with van der Waals surface area (Å²) in [5.41, 5.74) is 5.03. The van der Waals surface area contributed by atoms with Crippen molar-refractivity contribution >= 4 is 27.6 Å². The predicted molar refractivity (Wildman–Crippen MR) is 132 cm³/mol. The highest BCUT2D eigenvalue weighted by molar-refractivity contribution is 9.10. The molecule has 0 aliphatic carbocycles. The second kappa shape index (κ2) is 8.22. The Labute approximate surface area is 205 Å². The van der Waals surface area contributed by atoms with Crippen molar-refractivity contribution < 1.29 is 14.2 Å². The van der Waals surface area contributed by atoms with Crippen LogP contribution < -0.4 is 19.5 Å². The van der Waals surface area contributed by atoms with Gasteiger partial charge in [0.25, 0.3) is 0 Å². The van der Waals surface area contributed by atoms with Gasteiger partial charge >= 0.3 is 0 Å². The topological polar surface area (TPSA) is 70.4 Å². The van der Waals surface area contributed by atoms with Gasteiger partial charge in [-0.15, -0.1) is 0 Å². The summed E-state index contributed by atoms with van der Waals surface area (Å²) in [6.45, 7) is 0. The molecule has 2 aliphatic rings. The van der Waals surface area contributed by atoms with E-state index in [1.165, 1.54) is 0 Å². The highest BCUT2D eigenvalue weighted by Gasteiger charge is 2.41. The lowest BCUT2D eigenvalue weighted by Gasteiger charge is -2.39. The Kier molecular flexibility index (Phi) is 5.03. The van der Waals surface area contributed by atoms with Gasteiger partial charge in [-0.1, -0.05) is 46.3 Å². The zero-order valence-corrected chi connectivity index (χ0v) is 20.1. The van der Waals surface area contributed by atoms with E-state index in [0.29, 0.717) is 17.4 Å². The summed E-state index contributed by atoms with van der Waals surface area (Å²) in [5.74, 6) is 2.81. The molecule has 3 aromatic carbocycles. The molecule has 2 aliphatic heterocycles. The molecule has 6 rings (SSSR count). The number of anilines is 1. The number of rotatable bonds is 4. The molecule has 0 fully saturated rings. The lowest BCUT2D eigenvalue weighted by atomic mass is 9.84. The maximum atomic E-state index is 6.65. The Morgan fingerprint density at radius 2 is 1.79 bits per heavy atom. The lowest BCUT2D eigenvalue weighted by Crippen LogP contribution is -2.32. The maximum absolute atomic E-state index is 6.65. The van der Waals surface area contributed by atoms with Crippen molar-refractivity contribution in [2.45, 2.75) is 12.1 Å². The van der Waals surface area contributed by atoms with Crippen molar-refractivity contribution in [1.82, 2.24) is 14.8 Å². The molecule has 0 saturated heterocycles. The number of fused-ring (bicyclic) bond motifs is 3. The largest absolute Gasteiger partial charge is 0.493 e. The molecule has 4 aromatic rings. The van der Waals surface area contributed by atoms with Crippen LogP contribution in [0.15, 0.2) is 83.1 Å². The maximum Gasteiger partial charge on any atom is 0.226 e. The third-order valence-electron chi connectivity index (χ3n) is 6.20. The van der Waals surface area contributed by atoms with Crippen molar-refractivity contribution in [1.29, 1.82) is 0 Å². The summed E-state index contributed by atoms with van der Waals surface area (Å²) < 4.78 is 20.6. The molecule has 0 spiro atoms. The fourth-order valence-electron chi connectivity index (χ4n) is 4.71. The smallest absolute Gasteiger partial charge is 0.226 e. The molecular weight excluding hydrogens is 496 g/mol. The summed E-state index contributed by atoms with van der Waals surface area (Å²) in [4.78, 5) is 4.49. The van der Waals surface area contributed by atoms with Crippen molar-refractivity contribution in [2.75, 3.05) is 19.5 Å². The molecule has 34 heavy (non-hydrogen) atoms. The molecule has 1 N–H and O–H groups in total. The average molecular weight is 517 g/mol. The number of hydrogen-bond donors (Lipinski definition) is 1. The van der Waals surface area contributed by atoms with E-state index in [9.17, 15) is 0 Å². The van der Waals surface area contributed by atoms with E-state index >= 15 is 0 Å². The third-order valence-corrected chi connectivity index (χ3v) is 6.69. The van der Waals surface area contributed by atoms with Crippen LogP contribution >= 0.6 is 15.9 Å². The first-order chi connectivity index (χ1) is 16.7. The van der Waals surface area contributed by atoms with Crippen LogP contribution in [0.4, 0.5) is 5.95 Å². The van der Waals surface area contributed by atoms with E-state index in [4.69, 9.17) is 14.2 Å². The molecule has 2 atom stereocenters. The summed E-state index contributed by atoms with van der Waals surface area (Å²) in [6, 6.07) is 21.9. The Morgan fingerprint density at radius 3 is 2.62 bits per heavy atom. The van der Waals surface area contributed by atoms with Crippen molar-refractivity contribution in [3.63, 3.8) is 0 Å². The predicted octanol–water partition coefficient (Wildman–Crippen LogP) is 5.62. The van der Waals surface area contributed by atoms with Crippen LogP contribution in [-0.4, -0.2) is 29.0 Å². The van der Waals surface area contributed by atoms with Gasteiger partial charge in [0.05, 0.1) is 19.9 Å². The van der Waals surface area contributed by atoms with Crippen LogP contribution in [0.25, 0.3) is 5.70 Å². The van der Waals surface area contributed by atoms with Gasteiger partial charge in [-0.05, 0) is 47.5 Å². The van der Waals surface area contributed by atoms with E-state index in [1.54, 1.807) is 20.5 Å². The quantitative estimate of drug-likeness (QED) is 0.379. The molecule has 0 unspecified atom stereocenters. The first kappa shape index (κ1) is 20.8. The zero-order chi connectivity index (χ0) is 23.2. The number of nitrogens with one attached hydrogen (secondary N) is 1. The fourth-order valence-corrected chi connectivity index (χ4v) is 5.12. The van der Waals surface area contributed by atoms with Crippen LogP contribution in [-0.2, 0) is 0 Å². The second-order valence-corrected chi connectivity index (χ2v) is 8.97. The minimum atomic E-state index is -0.342. The lowest BCUT2D eigenvalue weighted by molar-refractivity contribution is 0.223. The van der Waals surface area contributed by atoms with Gasteiger partial charge in [-0.25, -0.2) is 4.68 Å². The molecular formula is C26H21BrN4O3. The van der Waals surface area contributed by atoms with Crippen LogP contribution in [0.5, 0.6) is 17.2 Å². The second-order valence-electron chi connectivity index (χ2n) is 8.05. The zero-order valence-electron chi connectivity index (χ0n) is 18.5. The van der Waals surface area contributed by atoms with Crippen LogP contribution in [0.1, 0.15) is 28.8 Å². The first-order valence-electron chi connectivity index (χ1n) is 10.8. The summed E-state index contributed by atoms with van der Waals surface area (Å²) >= 11 is 3.62. The van der Waals surface area contributed by atoms with Gasteiger partial charge in [-0.2, -0.15) is 10.1 Å². The first-order valence-corrected chi connectivity index (χ1v) is 11.6. The molecule has 0 radical (unpaired) electrons. The standard InChI is InChI=1S/C26H21BrN4O3/c1-32-20-11-10-15(13-21(20)33-2)24-22-23(30-26-28-14-29-31(24)26)18-8-3-4-9-19(18)34-25(22)16-6-5-7-17(27)12-16/h3-14,24-25H,1-2H3,(H,28,29,30)/t24-,25-/m0/s1. The number of methoxy groups -OCH3 is 2. The minimum Gasteiger partial charge on any atom is -0.493 e. The summed E-state index contributed by atoms with van der Waals surface area (Å²) in [5, 5.41) is 8.10. The number of para-hydroxylation sites is 1. The number of nitrogens with zero attached hydrogens (tertiary/aromatic N) is 3. The van der Waals surface area contributed by atoms with Gasteiger partial charge < -0.3 is 19.5 Å². The van der Waals surface area contributed by atoms with Crippen molar-refractivity contribution in [3.05, 3.63) is 99.8 Å². The molecule has 8 heteroatoms. The molecule has 0 saturated carbocycles. The monoisotopic (exact) mass is 516 g/mol. The number of halogens is 1. The minimum absolute atomic E-state index is 0.272. The molecule has 7 nitrogen and oxygen atoms in total. The number of ether oxygens (including phenoxy) is 3. The molecule has 0 bridgehead atoms. The summed E-state index contributed by atoms with van der Waals surface area (Å²) in [7, 11) is 3.27. The highest BCUT2D eigenvalue weighted by Crippen LogP contribution is 2.51. The van der Waals surface area contributed by atoms with Crippen LogP contribution in [0.3, 0.4) is 0 Å². The number of benzene rings is 3. The van der Waals surface area contributed by atoms with Gasteiger partial charge in [-0.3, -0.25) is 0 Å². The Morgan fingerprint density at radius 1 is 0.941 bits per heavy atom. The summed E-state index contributed by atoms with van der Waals surface area (Å²) in [6.07, 6.45) is 1.22. The highest BCUT2D eigenvalue weighted by atomic mass is 79.9. The Bertz CT molecular complexity index is 1430. The third kappa shape index (κ3) is 3.25. The average Bonchev–Trinajstić information content (AvgIpc) is 3.35. The SMILES string of the molecule is COc1ccc([C@H]2C3=C(Nc4ncnn42)c2ccccc2O[C@H]3c2cccc(Br)c2)cc1OC. The molecule has 3 heterocycles. The fraction of sp³-hybridized carbons (Fsp3) is 0.154. The van der Waals surface area contributed by atoms with E-state index in [2.05, 4.69) is 49.5 Å². The van der Waals surface area contributed by atoms with E-state index in [1.807, 2.05) is 53.2 Å². The van der Waals surface area contributed by atoms with Crippen LogP contribution in [0.2, 0.25) is 0 Å².